The first-order valence-electron chi connectivity index (χ1n) is 11.9. The van der Waals surface area contributed by atoms with Crippen molar-refractivity contribution in [3.05, 3.63) is 47.8 Å². The van der Waals surface area contributed by atoms with Crippen LogP contribution in [0.5, 0.6) is 0 Å². The molecule has 34 heavy (non-hydrogen) atoms. The van der Waals surface area contributed by atoms with Gasteiger partial charge in [-0.3, -0.25) is 14.2 Å². The summed E-state index contributed by atoms with van der Waals surface area (Å²) in [7, 11) is 0. The number of para-hydroxylation sites is 1. The number of carbonyl (C=O) groups excluding carboxylic acids is 2. The molecule has 1 aliphatic carbocycles. The van der Waals surface area contributed by atoms with Crippen molar-refractivity contribution in [2.75, 3.05) is 25.4 Å². The third-order valence-electron chi connectivity index (χ3n) is 6.35. The van der Waals surface area contributed by atoms with E-state index in [1.165, 1.54) is 0 Å². The number of thioether (sulfide) groups is 1. The van der Waals surface area contributed by atoms with Gasteiger partial charge in [-0.05, 0) is 49.8 Å². The minimum atomic E-state index is 0.0975. The van der Waals surface area contributed by atoms with Crippen molar-refractivity contribution >= 4 is 34.9 Å². The van der Waals surface area contributed by atoms with Crippen LogP contribution in [-0.4, -0.2) is 67.8 Å². The van der Waals surface area contributed by atoms with E-state index in [0.29, 0.717) is 26.1 Å². The van der Waals surface area contributed by atoms with E-state index in [2.05, 4.69) is 39.9 Å². The molecule has 3 heterocycles. The Balaban J connectivity index is 1.16. The van der Waals surface area contributed by atoms with Crippen LogP contribution in [0.3, 0.4) is 0 Å². The van der Waals surface area contributed by atoms with Gasteiger partial charge < -0.3 is 9.80 Å². The normalized spacial score (nSPS) is 18.3. The Hall–Kier alpha value is -2.65. The van der Waals surface area contributed by atoms with E-state index in [1.54, 1.807) is 23.1 Å². The maximum absolute atomic E-state index is 12.8. The lowest BCUT2D eigenvalue weighted by molar-refractivity contribution is -0.143. The number of piperazine rings is 1. The van der Waals surface area contributed by atoms with E-state index >= 15 is 0 Å². The first-order chi connectivity index (χ1) is 16.6. The summed E-state index contributed by atoms with van der Waals surface area (Å²) in [6.45, 7) is 3.98. The lowest BCUT2D eigenvalue weighted by Crippen LogP contribution is -2.55. The number of carbonyl (C=O) groups is 2. The second-order valence-electron chi connectivity index (χ2n) is 8.90. The maximum Gasteiger partial charge on any atom is 0.226 e. The Morgan fingerprint density at radius 3 is 2.62 bits per heavy atom. The molecule has 0 bridgehead atoms. The average Bonchev–Trinajstić information content (AvgIpc) is 3.40. The molecule has 0 spiro atoms. The second-order valence-corrected chi connectivity index (χ2v) is 10.9. The first kappa shape index (κ1) is 23.1. The van der Waals surface area contributed by atoms with Gasteiger partial charge in [-0.25, -0.2) is 0 Å². The van der Waals surface area contributed by atoms with Gasteiger partial charge in [-0.2, -0.15) is 0 Å². The Labute approximate surface area is 208 Å². The molecule has 1 unspecified atom stereocenters. The summed E-state index contributed by atoms with van der Waals surface area (Å²) in [5.74, 6) is 2.32. The van der Waals surface area contributed by atoms with Crippen molar-refractivity contribution in [1.29, 1.82) is 0 Å². The van der Waals surface area contributed by atoms with Crippen molar-refractivity contribution < 1.29 is 9.59 Å². The molecule has 2 aliphatic rings. The third-order valence-corrected chi connectivity index (χ3v) is 8.23. The molecule has 1 saturated heterocycles. The molecule has 2 fully saturated rings. The molecule has 1 saturated carbocycles. The van der Waals surface area contributed by atoms with Gasteiger partial charge in [0.25, 0.3) is 0 Å². The number of amides is 2. The fraction of sp³-hybridized carbons (Fsp3) is 0.440. The van der Waals surface area contributed by atoms with Gasteiger partial charge in [0.15, 0.2) is 11.0 Å². The molecule has 0 radical (unpaired) electrons. The van der Waals surface area contributed by atoms with Crippen LogP contribution in [0.2, 0.25) is 0 Å². The van der Waals surface area contributed by atoms with E-state index in [4.69, 9.17) is 0 Å². The summed E-state index contributed by atoms with van der Waals surface area (Å²) in [5.41, 5.74) is 1.03. The molecular formula is C25H29N5O2S2. The standard InChI is InChI=1S/C25H29N5O2S2/c1-18-17-28(13-14-29(18)24(32)19-11-12-19)22(31)10-6-16-34-25-27-26-23(21-9-5-15-33-21)30(25)20-7-3-2-4-8-20/h2-5,7-9,15,18-19H,6,10-14,16-17H2,1H3. The zero-order chi connectivity index (χ0) is 23.5. The van der Waals surface area contributed by atoms with Gasteiger partial charge in [0.2, 0.25) is 11.8 Å². The van der Waals surface area contributed by atoms with E-state index in [0.717, 1.165) is 46.6 Å². The zero-order valence-electron chi connectivity index (χ0n) is 19.3. The predicted octanol–water partition coefficient (Wildman–Crippen LogP) is 4.34. The summed E-state index contributed by atoms with van der Waals surface area (Å²) in [6.07, 6.45) is 3.33. The molecular weight excluding hydrogens is 466 g/mol. The molecule has 2 amide bonds. The van der Waals surface area contributed by atoms with E-state index in [-0.39, 0.29) is 23.8 Å². The molecule has 0 N–H and O–H groups in total. The van der Waals surface area contributed by atoms with Crippen molar-refractivity contribution in [2.45, 2.75) is 43.8 Å². The summed E-state index contributed by atoms with van der Waals surface area (Å²) < 4.78 is 2.09. The molecule has 9 heteroatoms. The van der Waals surface area contributed by atoms with Crippen LogP contribution in [0.15, 0.2) is 53.0 Å². The minimum Gasteiger partial charge on any atom is -0.339 e. The fourth-order valence-corrected chi connectivity index (χ4v) is 5.95. The predicted molar refractivity (Wildman–Crippen MR) is 135 cm³/mol. The van der Waals surface area contributed by atoms with Crippen molar-refractivity contribution in [3.8, 4) is 16.4 Å². The Morgan fingerprint density at radius 1 is 1.09 bits per heavy atom. The van der Waals surface area contributed by atoms with Crippen LogP contribution in [0.4, 0.5) is 0 Å². The first-order valence-corrected chi connectivity index (χ1v) is 13.7. The Bertz CT molecular complexity index is 1130. The van der Waals surface area contributed by atoms with Crippen LogP contribution in [0, 0.1) is 5.92 Å². The number of aromatic nitrogens is 3. The third kappa shape index (κ3) is 5.05. The molecule has 1 atom stereocenters. The molecule has 3 aromatic rings. The van der Waals surface area contributed by atoms with E-state index in [9.17, 15) is 9.59 Å². The Kier molecular flexibility index (Phi) is 7.01. The Morgan fingerprint density at radius 2 is 1.91 bits per heavy atom. The number of thiophene rings is 1. The minimum absolute atomic E-state index is 0.0975. The largest absolute Gasteiger partial charge is 0.339 e. The van der Waals surface area contributed by atoms with E-state index in [1.807, 2.05) is 39.4 Å². The van der Waals surface area contributed by atoms with Crippen LogP contribution < -0.4 is 0 Å². The highest BCUT2D eigenvalue weighted by molar-refractivity contribution is 7.99. The summed E-state index contributed by atoms with van der Waals surface area (Å²) in [4.78, 5) is 30.2. The zero-order valence-corrected chi connectivity index (χ0v) is 20.9. The molecule has 1 aliphatic heterocycles. The SMILES string of the molecule is CC1CN(C(=O)CCCSc2nnc(-c3cccs3)n2-c2ccccc2)CCN1C(=O)C1CC1. The lowest BCUT2D eigenvalue weighted by atomic mass is 10.1. The monoisotopic (exact) mass is 495 g/mol. The van der Waals surface area contributed by atoms with Crippen LogP contribution in [-0.2, 0) is 9.59 Å². The van der Waals surface area contributed by atoms with Gasteiger partial charge in [0, 0.05) is 49.5 Å². The number of nitrogens with zero attached hydrogens (tertiary/aromatic N) is 5. The maximum atomic E-state index is 12.8. The van der Waals surface area contributed by atoms with Gasteiger partial charge >= 0.3 is 0 Å². The summed E-state index contributed by atoms with van der Waals surface area (Å²) in [6, 6.07) is 14.3. The summed E-state index contributed by atoms with van der Waals surface area (Å²) >= 11 is 3.28. The highest BCUT2D eigenvalue weighted by Gasteiger charge is 2.37. The summed E-state index contributed by atoms with van der Waals surface area (Å²) in [5, 5.41) is 11.8. The highest BCUT2D eigenvalue weighted by Crippen LogP contribution is 2.33. The molecule has 1 aromatic carbocycles. The number of benzene rings is 1. The number of rotatable bonds is 8. The van der Waals surface area contributed by atoms with Crippen molar-refractivity contribution in [1.82, 2.24) is 24.6 Å². The second kappa shape index (κ2) is 10.3. The molecule has 7 nitrogen and oxygen atoms in total. The quantitative estimate of drug-likeness (QED) is 0.343. The number of hydrogen-bond donors (Lipinski definition) is 0. The van der Waals surface area contributed by atoms with Gasteiger partial charge in [-0.1, -0.05) is 36.0 Å². The van der Waals surface area contributed by atoms with Crippen LogP contribution in [0.25, 0.3) is 16.4 Å². The van der Waals surface area contributed by atoms with Gasteiger partial charge in [0.05, 0.1) is 4.88 Å². The van der Waals surface area contributed by atoms with Gasteiger partial charge in [0.1, 0.15) is 0 Å². The van der Waals surface area contributed by atoms with E-state index < -0.39 is 0 Å². The topological polar surface area (TPSA) is 71.3 Å². The average molecular weight is 496 g/mol. The smallest absolute Gasteiger partial charge is 0.226 e. The highest BCUT2D eigenvalue weighted by atomic mass is 32.2. The van der Waals surface area contributed by atoms with Crippen LogP contribution in [0.1, 0.15) is 32.6 Å². The van der Waals surface area contributed by atoms with Crippen LogP contribution >= 0.6 is 23.1 Å². The van der Waals surface area contributed by atoms with Crippen molar-refractivity contribution in [3.63, 3.8) is 0 Å². The molecule has 2 aromatic heterocycles. The van der Waals surface area contributed by atoms with Crippen molar-refractivity contribution in [2.24, 2.45) is 5.92 Å². The fourth-order valence-electron chi connectivity index (χ4n) is 4.36. The molecule has 178 valence electrons. The molecule has 5 rings (SSSR count). The van der Waals surface area contributed by atoms with Gasteiger partial charge in [-0.15, -0.1) is 21.5 Å². The lowest BCUT2D eigenvalue weighted by Gasteiger charge is -2.40. The number of hydrogen-bond acceptors (Lipinski definition) is 6.